The molecule has 0 saturated carbocycles. The molecule has 1 unspecified atom stereocenters. The predicted octanol–water partition coefficient (Wildman–Crippen LogP) is 3.30. The van der Waals surface area contributed by atoms with Gasteiger partial charge in [-0.15, -0.1) is 0 Å². The standard InChI is InChI=1S/C15H17Cl2N3O/c1-20-4-2-3-10(8-20)18-15(21)14-7-11-12(17)5-9(16)6-13(11)19-14/h5-7,10,19H,2-4,8H2,1H3,(H,18,21). The van der Waals surface area contributed by atoms with Crippen molar-refractivity contribution in [3.63, 3.8) is 0 Å². The van der Waals surface area contributed by atoms with E-state index in [-0.39, 0.29) is 11.9 Å². The summed E-state index contributed by atoms with van der Waals surface area (Å²) in [7, 11) is 2.07. The first-order chi connectivity index (χ1) is 10.0. The van der Waals surface area contributed by atoms with Gasteiger partial charge in [0.15, 0.2) is 0 Å². The van der Waals surface area contributed by atoms with Crippen LogP contribution in [0.1, 0.15) is 23.3 Å². The molecule has 1 aliphatic rings. The van der Waals surface area contributed by atoms with E-state index in [1.807, 2.05) is 0 Å². The maximum atomic E-state index is 12.3. The highest BCUT2D eigenvalue weighted by atomic mass is 35.5. The minimum Gasteiger partial charge on any atom is -0.350 e. The molecule has 1 saturated heterocycles. The lowest BCUT2D eigenvalue weighted by atomic mass is 10.1. The smallest absolute Gasteiger partial charge is 0.267 e. The maximum absolute atomic E-state index is 12.3. The first-order valence-electron chi connectivity index (χ1n) is 7.00. The minimum absolute atomic E-state index is 0.0984. The number of fused-ring (bicyclic) bond motifs is 1. The monoisotopic (exact) mass is 325 g/mol. The summed E-state index contributed by atoms with van der Waals surface area (Å²) in [5.74, 6) is -0.0984. The number of carbonyl (C=O) groups is 1. The molecule has 1 amide bonds. The number of nitrogens with one attached hydrogen (secondary N) is 2. The molecule has 2 heterocycles. The molecule has 0 radical (unpaired) electrons. The van der Waals surface area contributed by atoms with Gasteiger partial charge in [0.25, 0.3) is 5.91 Å². The van der Waals surface area contributed by atoms with Crippen LogP contribution in [0.5, 0.6) is 0 Å². The molecular weight excluding hydrogens is 309 g/mol. The normalized spacial score (nSPS) is 19.9. The number of rotatable bonds is 2. The molecule has 1 aromatic heterocycles. The second-order valence-electron chi connectivity index (χ2n) is 5.61. The van der Waals surface area contributed by atoms with E-state index in [1.54, 1.807) is 18.2 Å². The summed E-state index contributed by atoms with van der Waals surface area (Å²) in [4.78, 5) is 17.7. The van der Waals surface area contributed by atoms with Crippen LogP contribution in [0.15, 0.2) is 18.2 Å². The van der Waals surface area contributed by atoms with Crippen LogP contribution in [-0.2, 0) is 0 Å². The van der Waals surface area contributed by atoms with Crippen LogP contribution in [0.2, 0.25) is 10.0 Å². The number of hydrogen-bond donors (Lipinski definition) is 2. The fourth-order valence-electron chi connectivity index (χ4n) is 2.83. The Kier molecular flexibility index (Phi) is 4.11. The van der Waals surface area contributed by atoms with E-state index < -0.39 is 0 Å². The van der Waals surface area contributed by atoms with Crippen molar-refractivity contribution in [2.75, 3.05) is 20.1 Å². The van der Waals surface area contributed by atoms with Crippen molar-refractivity contribution in [1.29, 1.82) is 0 Å². The first kappa shape index (κ1) is 14.7. The third kappa shape index (κ3) is 3.18. The molecule has 112 valence electrons. The van der Waals surface area contributed by atoms with Crippen LogP contribution in [0.3, 0.4) is 0 Å². The van der Waals surface area contributed by atoms with Gasteiger partial charge in [0.2, 0.25) is 0 Å². The number of likely N-dealkylation sites (tertiary alicyclic amines) is 1. The summed E-state index contributed by atoms with van der Waals surface area (Å²) in [5, 5.41) is 4.98. The topological polar surface area (TPSA) is 48.1 Å². The van der Waals surface area contributed by atoms with Gasteiger partial charge in [-0.3, -0.25) is 4.79 Å². The van der Waals surface area contributed by atoms with E-state index in [4.69, 9.17) is 23.2 Å². The van der Waals surface area contributed by atoms with Gasteiger partial charge >= 0.3 is 0 Å². The lowest BCUT2D eigenvalue weighted by Gasteiger charge is -2.30. The number of hydrogen-bond acceptors (Lipinski definition) is 2. The molecule has 0 aliphatic carbocycles. The van der Waals surface area contributed by atoms with E-state index in [0.717, 1.165) is 36.8 Å². The van der Waals surface area contributed by atoms with Crippen molar-refractivity contribution in [2.24, 2.45) is 0 Å². The Morgan fingerprint density at radius 3 is 2.95 bits per heavy atom. The third-order valence-electron chi connectivity index (χ3n) is 3.86. The lowest BCUT2D eigenvalue weighted by Crippen LogP contribution is -2.46. The summed E-state index contributed by atoms with van der Waals surface area (Å²) in [5.41, 5.74) is 1.29. The second-order valence-corrected chi connectivity index (χ2v) is 6.45. The molecule has 2 aromatic rings. The Bertz CT molecular complexity index is 683. The number of piperidine rings is 1. The molecule has 4 nitrogen and oxygen atoms in total. The highest BCUT2D eigenvalue weighted by Gasteiger charge is 2.20. The SMILES string of the molecule is CN1CCCC(NC(=O)c2cc3c(Cl)cc(Cl)cc3[nH]2)C1. The molecule has 21 heavy (non-hydrogen) atoms. The van der Waals surface area contributed by atoms with E-state index >= 15 is 0 Å². The molecule has 0 bridgehead atoms. The maximum Gasteiger partial charge on any atom is 0.267 e. The first-order valence-corrected chi connectivity index (χ1v) is 7.75. The molecule has 6 heteroatoms. The van der Waals surface area contributed by atoms with Gasteiger partial charge in [-0.05, 0) is 44.6 Å². The lowest BCUT2D eigenvalue weighted by molar-refractivity contribution is 0.0908. The van der Waals surface area contributed by atoms with Crippen molar-refractivity contribution in [2.45, 2.75) is 18.9 Å². The van der Waals surface area contributed by atoms with Crippen LogP contribution in [-0.4, -0.2) is 42.0 Å². The molecule has 0 spiro atoms. The zero-order valence-electron chi connectivity index (χ0n) is 11.7. The van der Waals surface area contributed by atoms with Crippen LogP contribution in [0.25, 0.3) is 10.9 Å². The van der Waals surface area contributed by atoms with E-state index in [2.05, 4.69) is 22.2 Å². The largest absolute Gasteiger partial charge is 0.350 e. The second kappa shape index (κ2) is 5.87. The number of halogens is 2. The number of benzene rings is 1. The number of aromatic amines is 1. The Morgan fingerprint density at radius 2 is 2.19 bits per heavy atom. The van der Waals surface area contributed by atoms with Gasteiger partial charge in [0, 0.05) is 28.5 Å². The molecule has 2 N–H and O–H groups in total. The molecule has 1 aliphatic heterocycles. The quantitative estimate of drug-likeness (QED) is 0.890. The van der Waals surface area contributed by atoms with E-state index in [9.17, 15) is 4.79 Å². The molecule has 1 fully saturated rings. The Morgan fingerprint density at radius 1 is 1.38 bits per heavy atom. The zero-order valence-corrected chi connectivity index (χ0v) is 13.3. The molecule has 1 atom stereocenters. The molecular formula is C15H17Cl2N3O. The van der Waals surface area contributed by atoms with Crippen LogP contribution >= 0.6 is 23.2 Å². The van der Waals surface area contributed by atoms with Gasteiger partial charge in [-0.2, -0.15) is 0 Å². The van der Waals surface area contributed by atoms with E-state index in [0.29, 0.717) is 15.7 Å². The van der Waals surface area contributed by atoms with Crippen LogP contribution in [0.4, 0.5) is 0 Å². The summed E-state index contributed by atoms with van der Waals surface area (Å²) < 4.78 is 0. The highest BCUT2D eigenvalue weighted by Crippen LogP contribution is 2.28. The number of nitrogens with zero attached hydrogens (tertiary/aromatic N) is 1. The van der Waals surface area contributed by atoms with Gasteiger partial charge in [0.1, 0.15) is 5.69 Å². The number of H-pyrrole nitrogens is 1. The molecule has 1 aromatic carbocycles. The average molecular weight is 326 g/mol. The van der Waals surface area contributed by atoms with Gasteiger partial charge < -0.3 is 15.2 Å². The van der Waals surface area contributed by atoms with Crippen LogP contribution < -0.4 is 5.32 Å². The number of carbonyl (C=O) groups excluding carboxylic acids is 1. The van der Waals surface area contributed by atoms with Crippen molar-refractivity contribution in [3.8, 4) is 0 Å². The summed E-state index contributed by atoms with van der Waals surface area (Å²) in [6, 6.07) is 5.42. The fourth-order valence-corrected chi connectivity index (χ4v) is 3.38. The van der Waals surface area contributed by atoms with E-state index in [1.165, 1.54) is 0 Å². The fraction of sp³-hybridized carbons (Fsp3) is 0.400. The van der Waals surface area contributed by atoms with Gasteiger partial charge in [-0.25, -0.2) is 0 Å². The minimum atomic E-state index is -0.0984. The van der Waals surface area contributed by atoms with Crippen LogP contribution in [0, 0.1) is 0 Å². The van der Waals surface area contributed by atoms with Crippen molar-refractivity contribution in [1.82, 2.24) is 15.2 Å². The zero-order chi connectivity index (χ0) is 15.0. The highest BCUT2D eigenvalue weighted by molar-refractivity contribution is 6.38. The number of likely N-dealkylation sites (N-methyl/N-ethyl adjacent to an activating group) is 1. The van der Waals surface area contributed by atoms with Gasteiger partial charge in [-0.1, -0.05) is 23.2 Å². The summed E-state index contributed by atoms with van der Waals surface area (Å²) >= 11 is 12.1. The number of amides is 1. The average Bonchev–Trinajstić information content (AvgIpc) is 2.83. The van der Waals surface area contributed by atoms with Gasteiger partial charge in [0.05, 0.1) is 5.02 Å². The third-order valence-corrected chi connectivity index (χ3v) is 4.39. The van der Waals surface area contributed by atoms with Crippen molar-refractivity contribution >= 4 is 40.0 Å². The number of aromatic nitrogens is 1. The molecule has 3 rings (SSSR count). The van der Waals surface area contributed by atoms with Crippen molar-refractivity contribution < 1.29 is 4.79 Å². The predicted molar refractivity (Wildman–Crippen MR) is 86.3 cm³/mol. The summed E-state index contributed by atoms with van der Waals surface area (Å²) in [6.07, 6.45) is 2.12. The Labute approximate surface area is 133 Å². The van der Waals surface area contributed by atoms with Crippen molar-refractivity contribution in [3.05, 3.63) is 33.9 Å². The Hall–Kier alpha value is -1.23. The summed E-state index contributed by atoms with van der Waals surface area (Å²) in [6.45, 7) is 1.98. The Balaban J connectivity index is 1.80.